The Hall–Kier alpha value is -0.980. The average Bonchev–Trinajstić information content (AvgIpc) is 2.30. The van der Waals surface area contributed by atoms with E-state index >= 15 is 0 Å². The normalized spacial score (nSPS) is 28.3. The standard InChI is InChI=1S/C13H16N2S/c1-12(2)13(10-14,15-8-9-16-12)11-6-4-3-5-7-11/h3-7,15H,8-9H2,1-2H3. The molecule has 0 bridgehead atoms. The quantitative estimate of drug-likeness (QED) is 0.808. The second kappa shape index (κ2) is 4.12. The lowest BCUT2D eigenvalue weighted by molar-refractivity contribution is 0.346. The highest BCUT2D eigenvalue weighted by molar-refractivity contribution is 8.00. The number of benzene rings is 1. The van der Waals surface area contributed by atoms with Crippen molar-refractivity contribution < 1.29 is 0 Å². The van der Waals surface area contributed by atoms with E-state index in [0.29, 0.717) is 0 Å². The molecule has 1 aliphatic rings. The summed E-state index contributed by atoms with van der Waals surface area (Å²) in [5.41, 5.74) is 0.492. The Balaban J connectivity index is 2.51. The number of thioether (sulfide) groups is 1. The molecule has 1 heterocycles. The van der Waals surface area contributed by atoms with E-state index in [-0.39, 0.29) is 4.75 Å². The monoisotopic (exact) mass is 232 g/mol. The van der Waals surface area contributed by atoms with Gasteiger partial charge in [0.2, 0.25) is 0 Å². The van der Waals surface area contributed by atoms with Crippen LogP contribution in [0.1, 0.15) is 19.4 Å². The Morgan fingerprint density at radius 3 is 2.56 bits per heavy atom. The summed E-state index contributed by atoms with van der Waals surface area (Å²) in [5.74, 6) is 1.06. The molecule has 1 N–H and O–H groups in total. The lowest BCUT2D eigenvalue weighted by Gasteiger charge is -2.45. The van der Waals surface area contributed by atoms with Gasteiger partial charge in [-0.15, -0.1) is 0 Å². The van der Waals surface area contributed by atoms with Gasteiger partial charge >= 0.3 is 0 Å². The molecular weight excluding hydrogens is 216 g/mol. The van der Waals surface area contributed by atoms with Crippen LogP contribution in [0, 0.1) is 11.3 Å². The van der Waals surface area contributed by atoms with Crippen molar-refractivity contribution in [3.8, 4) is 6.07 Å². The van der Waals surface area contributed by atoms with Crippen molar-refractivity contribution in [2.45, 2.75) is 24.1 Å². The van der Waals surface area contributed by atoms with Gasteiger partial charge < -0.3 is 0 Å². The first kappa shape index (κ1) is 11.5. The molecule has 0 amide bonds. The maximum absolute atomic E-state index is 9.60. The maximum Gasteiger partial charge on any atom is 0.146 e. The molecule has 1 aromatic carbocycles. The first-order valence-electron chi connectivity index (χ1n) is 5.48. The van der Waals surface area contributed by atoms with Crippen LogP contribution in [0.2, 0.25) is 0 Å². The van der Waals surface area contributed by atoms with Gasteiger partial charge in [-0.1, -0.05) is 30.3 Å². The summed E-state index contributed by atoms with van der Waals surface area (Å²) in [6.45, 7) is 5.16. The summed E-state index contributed by atoms with van der Waals surface area (Å²) >= 11 is 1.86. The van der Waals surface area contributed by atoms with Crippen LogP contribution in [0.5, 0.6) is 0 Å². The van der Waals surface area contributed by atoms with Crippen LogP contribution >= 0.6 is 11.8 Å². The molecule has 1 atom stereocenters. The molecule has 0 aliphatic carbocycles. The summed E-state index contributed by atoms with van der Waals surface area (Å²) in [7, 11) is 0. The van der Waals surface area contributed by atoms with Crippen molar-refractivity contribution in [3.05, 3.63) is 35.9 Å². The Bertz CT molecular complexity index is 408. The number of hydrogen-bond donors (Lipinski definition) is 1. The van der Waals surface area contributed by atoms with Crippen LogP contribution in [0.25, 0.3) is 0 Å². The number of hydrogen-bond acceptors (Lipinski definition) is 3. The van der Waals surface area contributed by atoms with Crippen LogP contribution < -0.4 is 5.32 Å². The van der Waals surface area contributed by atoms with Gasteiger partial charge in [0, 0.05) is 17.0 Å². The third-order valence-corrected chi connectivity index (χ3v) is 4.67. The molecule has 84 valence electrons. The molecule has 1 unspecified atom stereocenters. The van der Waals surface area contributed by atoms with Crippen molar-refractivity contribution in [2.24, 2.45) is 0 Å². The topological polar surface area (TPSA) is 35.8 Å². The molecule has 0 saturated carbocycles. The zero-order valence-corrected chi connectivity index (χ0v) is 10.5. The first-order valence-corrected chi connectivity index (χ1v) is 6.47. The molecule has 16 heavy (non-hydrogen) atoms. The van der Waals surface area contributed by atoms with Gasteiger partial charge in [-0.2, -0.15) is 17.0 Å². The molecular formula is C13H16N2S. The van der Waals surface area contributed by atoms with Gasteiger partial charge in [0.1, 0.15) is 5.54 Å². The number of rotatable bonds is 1. The number of nitrogens with zero attached hydrogens (tertiary/aromatic N) is 1. The largest absolute Gasteiger partial charge is 0.294 e. The lowest BCUT2D eigenvalue weighted by atomic mass is 9.80. The molecule has 2 rings (SSSR count). The van der Waals surface area contributed by atoms with E-state index < -0.39 is 5.54 Å². The highest BCUT2D eigenvalue weighted by atomic mass is 32.2. The van der Waals surface area contributed by atoms with E-state index in [9.17, 15) is 5.26 Å². The van der Waals surface area contributed by atoms with E-state index in [1.165, 1.54) is 0 Å². The van der Waals surface area contributed by atoms with Crippen LogP contribution in [0.15, 0.2) is 30.3 Å². The van der Waals surface area contributed by atoms with Crippen molar-refractivity contribution in [2.75, 3.05) is 12.3 Å². The zero-order valence-electron chi connectivity index (χ0n) is 9.66. The fourth-order valence-electron chi connectivity index (χ4n) is 2.24. The summed E-state index contributed by atoms with van der Waals surface area (Å²) in [5, 5.41) is 13.0. The fourth-order valence-corrected chi connectivity index (χ4v) is 3.41. The number of nitriles is 1. The Morgan fingerprint density at radius 1 is 1.31 bits per heavy atom. The van der Waals surface area contributed by atoms with Gasteiger partial charge in [-0.25, -0.2) is 0 Å². The molecule has 2 nitrogen and oxygen atoms in total. The van der Waals surface area contributed by atoms with Crippen LogP contribution in [0.4, 0.5) is 0 Å². The molecule has 1 saturated heterocycles. The van der Waals surface area contributed by atoms with Crippen molar-refractivity contribution in [1.82, 2.24) is 5.32 Å². The molecule has 1 aromatic rings. The third-order valence-electron chi connectivity index (χ3n) is 3.23. The van der Waals surface area contributed by atoms with E-state index in [1.807, 2.05) is 42.1 Å². The minimum atomic E-state index is -0.572. The summed E-state index contributed by atoms with van der Waals surface area (Å²) in [4.78, 5) is 0. The fraction of sp³-hybridized carbons (Fsp3) is 0.462. The van der Waals surface area contributed by atoms with Gasteiger partial charge in [0.15, 0.2) is 0 Å². The molecule has 1 fully saturated rings. The minimum absolute atomic E-state index is 0.110. The maximum atomic E-state index is 9.60. The summed E-state index contributed by atoms with van der Waals surface area (Å²) in [6, 6.07) is 12.5. The number of nitrogens with one attached hydrogen (secondary N) is 1. The summed E-state index contributed by atoms with van der Waals surface area (Å²) in [6.07, 6.45) is 0. The van der Waals surface area contributed by atoms with E-state index in [4.69, 9.17) is 0 Å². The highest BCUT2D eigenvalue weighted by Crippen LogP contribution is 2.44. The van der Waals surface area contributed by atoms with Gasteiger partial charge in [0.05, 0.1) is 6.07 Å². The van der Waals surface area contributed by atoms with Crippen LogP contribution in [0.3, 0.4) is 0 Å². The lowest BCUT2D eigenvalue weighted by Crippen LogP contribution is -2.58. The molecule has 0 radical (unpaired) electrons. The minimum Gasteiger partial charge on any atom is -0.294 e. The highest BCUT2D eigenvalue weighted by Gasteiger charge is 2.49. The van der Waals surface area contributed by atoms with Crippen LogP contribution in [-0.2, 0) is 5.54 Å². The molecule has 3 heteroatoms. The van der Waals surface area contributed by atoms with Crippen LogP contribution in [-0.4, -0.2) is 17.0 Å². The predicted molar refractivity (Wildman–Crippen MR) is 68.3 cm³/mol. The summed E-state index contributed by atoms with van der Waals surface area (Å²) < 4.78 is -0.110. The zero-order chi connectivity index (χ0) is 11.6. The first-order chi connectivity index (χ1) is 7.62. The predicted octanol–water partition coefficient (Wildman–Crippen LogP) is 2.52. The molecule has 1 aliphatic heterocycles. The Kier molecular flexibility index (Phi) is 2.96. The van der Waals surface area contributed by atoms with E-state index in [1.54, 1.807) is 0 Å². The smallest absolute Gasteiger partial charge is 0.146 e. The van der Waals surface area contributed by atoms with Crippen molar-refractivity contribution in [3.63, 3.8) is 0 Å². The van der Waals surface area contributed by atoms with E-state index in [0.717, 1.165) is 17.9 Å². The second-order valence-corrected chi connectivity index (χ2v) is 6.23. The molecule has 0 aromatic heterocycles. The van der Waals surface area contributed by atoms with Crippen molar-refractivity contribution >= 4 is 11.8 Å². The Labute approximate surface area is 101 Å². The Morgan fingerprint density at radius 2 is 2.00 bits per heavy atom. The third kappa shape index (κ3) is 1.63. The average molecular weight is 232 g/mol. The molecule has 0 spiro atoms. The SMILES string of the molecule is CC1(C)SCCNC1(C#N)c1ccccc1. The second-order valence-electron chi connectivity index (χ2n) is 4.51. The van der Waals surface area contributed by atoms with E-state index in [2.05, 4.69) is 25.2 Å². The van der Waals surface area contributed by atoms with Gasteiger partial charge in [-0.3, -0.25) is 5.32 Å². The van der Waals surface area contributed by atoms with Gasteiger partial charge in [0.25, 0.3) is 0 Å². The van der Waals surface area contributed by atoms with Crippen molar-refractivity contribution in [1.29, 1.82) is 5.26 Å². The van der Waals surface area contributed by atoms with Gasteiger partial charge in [-0.05, 0) is 19.4 Å².